The zero-order valence-corrected chi connectivity index (χ0v) is 9.95. The molecule has 0 saturated carbocycles. The van der Waals surface area contributed by atoms with Gasteiger partial charge in [-0.2, -0.15) is 0 Å². The standard InChI is InChI=1S/C13H15NO3/c1-13(12(14)16)6-5-8-7-9(17-2)3-4-10(8)11(13)15/h3-4,7H,5-6H2,1-2H3,(H2,14,16)/t13-/m0/s1. The lowest BCUT2D eigenvalue weighted by molar-refractivity contribution is -0.124. The topological polar surface area (TPSA) is 69.4 Å². The average molecular weight is 233 g/mol. The number of nitrogens with two attached hydrogens (primary N) is 1. The highest BCUT2D eigenvalue weighted by atomic mass is 16.5. The van der Waals surface area contributed by atoms with Gasteiger partial charge in [0.25, 0.3) is 0 Å². The van der Waals surface area contributed by atoms with Crippen molar-refractivity contribution in [2.24, 2.45) is 11.1 Å². The molecule has 0 aliphatic heterocycles. The molecule has 90 valence electrons. The van der Waals surface area contributed by atoms with Crippen LogP contribution in [0, 0.1) is 5.41 Å². The van der Waals surface area contributed by atoms with E-state index < -0.39 is 11.3 Å². The number of fused-ring (bicyclic) bond motifs is 1. The van der Waals surface area contributed by atoms with Crippen LogP contribution in [0.25, 0.3) is 0 Å². The fraction of sp³-hybridized carbons (Fsp3) is 0.385. The van der Waals surface area contributed by atoms with Crippen LogP contribution in [0.3, 0.4) is 0 Å². The molecule has 0 unspecified atom stereocenters. The third-order valence-corrected chi connectivity index (χ3v) is 3.50. The number of hydrogen-bond acceptors (Lipinski definition) is 3. The van der Waals surface area contributed by atoms with E-state index >= 15 is 0 Å². The zero-order chi connectivity index (χ0) is 12.6. The molecular weight excluding hydrogens is 218 g/mol. The minimum Gasteiger partial charge on any atom is -0.497 e. The van der Waals surface area contributed by atoms with Gasteiger partial charge in [0.2, 0.25) is 5.91 Å². The summed E-state index contributed by atoms with van der Waals surface area (Å²) >= 11 is 0. The minimum absolute atomic E-state index is 0.186. The number of Topliss-reactive ketones (excluding diaryl/α,β-unsaturated/α-hetero) is 1. The van der Waals surface area contributed by atoms with Gasteiger partial charge in [0.15, 0.2) is 5.78 Å². The van der Waals surface area contributed by atoms with Crippen LogP contribution in [-0.2, 0) is 11.2 Å². The van der Waals surface area contributed by atoms with Gasteiger partial charge in [0.1, 0.15) is 11.2 Å². The van der Waals surface area contributed by atoms with Gasteiger partial charge in [-0.05, 0) is 43.5 Å². The predicted molar refractivity (Wildman–Crippen MR) is 62.9 cm³/mol. The van der Waals surface area contributed by atoms with Gasteiger partial charge in [-0.1, -0.05) is 0 Å². The Balaban J connectivity index is 2.47. The number of ether oxygens (including phenoxy) is 1. The fourth-order valence-electron chi connectivity index (χ4n) is 2.16. The Labute approximate surface area is 99.8 Å². The van der Waals surface area contributed by atoms with Gasteiger partial charge < -0.3 is 10.5 Å². The molecule has 2 rings (SSSR count). The lowest BCUT2D eigenvalue weighted by atomic mass is 9.71. The van der Waals surface area contributed by atoms with E-state index in [4.69, 9.17) is 10.5 Å². The molecule has 0 radical (unpaired) electrons. The molecule has 1 aliphatic carbocycles. The maximum Gasteiger partial charge on any atom is 0.231 e. The van der Waals surface area contributed by atoms with Crippen LogP contribution in [-0.4, -0.2) is 18.8 Å². The Hall–Kier alpha value is -1.84. The third kappa shape index (κ3) is 1.69. The molecule has 4 nitrogen and oxygen atoms in total. The highest BCUT2D eigenvalue weighted by Crippen LogP contribution is 2.36. The number of aryl methyl sites for hydroxylation is 1. The molecule has 1 atom stereocenters. The maximum absolute atomic E-state index is 12.2. The van der Waals surface area contributed by atoms with Gasteiger partial charge in [-0.3, -0.25) is 9.59 Å². The highest BCUT2D eigenvalue weighted by Gasteiger charge is 2.43. The average Bonchev–Trinajstić information content (AvgIpc) is 2.33. The second-order valence-corrected chi connectivity index (χ2v) is 4.55. The number of methoxy groups -OCH3 is 1. The van der Waals surface area contributed by atoms with Gasteiger partial charge in [0.05, 0.1) is 7.11 Å². The number of primary amides is 1. The van der Waals surface area contributed by atoms with Crippen molar-refractivity contribution >= 4 is 11.7 Å². The summed E-state index contributed by atoms with van der Waals surface area (Å²) in [7, 11) is 1.58. The molecule has 1 aliphatic rings. The van der Waals surface area contributed by atoms with Crippen LogP contribution in [0.4, 0.5) is 0 Å². The van der Waals surface area contributed by atoms with Crippen LogP contribution < -0.4 is 10.5 Å². The quantitative estimate of drug-likeness (QED) is 0.783. The van der Waals surface area contributed by atoms with E-state index in [2.05, 4.69) is 0 Å². The smallest absolute Gasteiger partial charge is 0.231 e. The molecule has 1 amide bonds. The molecule has 1 aromatic rings. The maximum atomic E-state index is 12.2. The van der Waals surface area contributed by atoms with Crippen LogP contribution >= 0.6 is 0 Å². The van der Waals surface area contributed by atoms with Gasteiger partial charge >= 0.3 is 0 Å². The first-order valence-electron chi connectivity index (χ1n) is 5.50. The van der Waals surface area contributed by atoms with Crippen LogP contribution in [0.1, 0.15) is 29.3 Å². The Morgan fingerprint density at radius 3 is 2.76 bits per heavy atom. The van der Waals surface area contributed by atoms with Crippen molar-refractivity contribution in [1.82, 2.24) is 0 Å². The van der Waals surface area contributed by atoms with Gasteiger partial charge in [-0.25, -0.2) is 0 Å². The summed E-state index contributed by atoms with van der Waals surface area (Å²) in [5.74, 6) is -0.0166. The molecule has 17 heavy (non-hydrogen) atoms. The summed E-state index contributed by atoms with van der Waals surface area (Å²) in [6.45, 7) is 1.62. The number of hydrogen-bond donors (Lipinski definition) is 1. The third-order valence-electron chi connectivity index (χ3n) is 3.50. The monoisotopic (exact) mass is 233 g/mol. The van der Waals surface area contributed by atoms with Crippen molar-refractivity contribution in [2.75, 3.05) is 7.11 Å². The number of carbonyl (C=O) groups excluding carboxylic acids is 2. The Morgan fingerprint density at radius 1 is 1.47 bits per heavy atom. The summed E-state index contributed by atoms with van der Waals surface area (Å²) in [5, 5.41) is 0. The molecule has 4 heteroatoms. The first-order chi connectivity index (χ1) is 7.99. The highest BCUT2D eigenvalue weighted by molar-refractivity contribution is 6.14. The van der Waals surface area contributed by atoms with Crippen molar-refractivity contribution < 1.29 is 14.3 Å². The van der Waals surface area contributed by atoms with Crippen molar-refractivity contribution in [3.05, 3.63) is 29.3 Å². The molecular formula is C13H15NO3. The molecule has 0 aromatic heterocycles. The molecule has 2 N–H and O–H groups in total. The molecule has 0 heterocycles. The number of ketones is 1. The van der Waals surface area contributed by atoms with E-state index in [1.165, 1.54) is 0 Å². The van der Waals surface area contributed by atoms with Gasteiger partial charge in [-0.15, -0.1) is 0 Å². The van der Waals surface area contributed by atoms with E-state index in [1.54, 1.807) is 26.2 Å². The molecule has 1 aromatic carbocycles. The Kier molecular flexibility index (Phi) is 2.65. The SMILES string of the molecule is COc1ccc2c(c1)CC[C@](C)(C(N)=O)C2=O. The van der Waals surface area contributed by atoms with Crippen LogP contribution in [0.5, 0.6) is 5.75 Å². The summed E-state index contributed by atoms with van der Waals surface area (Å²) in [4.78, 5) is 23.6. The lowest BCUT2D eigenvalue weighted by Crippen LogP contribution is -2.44. The molecule has 0 bridgehead atoms. The van der Waals surface area contributed by atoms with Crippen LogP contribution in [0.15, 0.2) is 18.2 Å². The molecule has 0 saturated heterocycles. The molecule has 0 spiro atoms. The van der Waals surface area contributed by atoms with E-state index in [1.807, 2.05) is 6.07 Å². The minimum atomic E-state index is -1.07. The van der Waals surface area contributed by atoms with E-state index in [9.17, 15) is 9.59 Å². The van der Waals surface area contributed by atoms with Crippen molar-refractivity contribution in [3.8, 4) is 5.75 Å². The molecule has 0 fully saturated rings. The predicted octanol–water partition coefficient (Wildman–Crippen LogP) is 1.32. The largest absolute Gasteiger partial charge is 0.497 e. The van der Waals surface area contributed by atoms with Gasteiger partial charge in [0, 0.05) is 5.56 Å². The first kappa shape index (κ1) is 11.6. The summed E-state index contributed by atoms with van der Waals surface area (Å²) in [5.41, 5.74) is 5.76. The van der Waals surface area contributed by atoms with E-state index in [0.29, 0.717) is 18.4 Å². The van der Waals surface area contributed by atoms with Crippen LogP contribution in [0.2, 0.25) is 0 Å². The van der Waals surface area contributed by atoms with E-state index in [0.717, 1.165) is 11.3 Å². The summed E-state index contributed by atoms with van der Waals surface area (Å²) in [6.07, 6.45) is 1.12. The van der Waals surface area contributed by atoms with E-state index in [-0.39, 0.29) is 5.78 Å². The number of carbonyl (C=O) groups is 2. The lowest BCUT2D eigenvalue weighted by Gasteiger charge is -2.30. The Bertz CT molecular complexity index is 495. The Morgan fingerprint density at radius 2 is 2.18 bits per heavy atom. The normalized spacial score (nSPS) is 23.1. The van der Waals surface area contributed by atoms with Crippen molar-refractivity contribution in [3.63, 3.8) is 0 Å². The second-order valence-electron chi connectivity index (χ2n) is 4.55. The number of benzene rings is 1. The fourth-order valence-corrected chi connectivity index (χ4v) is 2.16. The van der Waals surface area contributed by atoms with Crippen molar-refractivity contribution in [1.29, 1.82) is 0 Å². The number of rotatable bonds is 2. The first-order valence-corrected chi connectivity index (χ1v) is 5.50. The summed E-state index contributed by atoms with van der Waals surface area (Å²) in [6, 6.07) is 5.27. The van der Waals surface area contributed by atoms with Crippen molar-refractivity contribution in [2.45, 2.75) is 19.8 Å². The second kappa shape index (κ2) is 3.87. The number of amides is 1. The zero-order valence-electron chi connectivity index (χ0n) is 9.95. The summed E-state index contributed by atoms with van der Waals surface area (Å²) < 4.78 is 5.11.